The zero-order valence-corrected chi connectivity index (χ0v) is 15.2. The number of phenolic OH excluding ortho intramolecular Hbond substituents is 2. The Bertz CT molecular complexity index is 1360. The number of rotatable bonds is 4. The van der Waals surface area contributed by atoms with E-state index in [2.05, 4.69) is 4.72 Å². The van der Waals surface area contributed by atoms with Crippen molar-refractivity contribution in [3.8, 4) is 11.5 Å². The Morgan fingerprint density at radius 3 is 2.43 bits per heavy atom. The zero-order valence-electron chi connectivity index (χ0n) is 14.4. The van der Waals surface area contributed by atoms with Gasteiger partial charge in [0, 0.05) is 18.7 Å². The predicted octanol–water partition coefficient (Wildman–Crippen LogP) is 2.84. The van der Waals surface area contributed by atoms with Crippen molar-refractivity contribution in [2.75, 3.05) is 0 Å². The molecule has 1 heterocycles. The molecule has 1 aromatic heterocycles. The van der Waals surface area contributed by atoms with E-state index in [-0.39, 0.29) is 44.9 Å². The summed E-state index contributed by atoms with van der Waals surface area (Å²) < 4.78 is 32.8. The average Bonchev–Trinajstić information content (AvgIpc) is 2.66. The van der Waals surface area contributed by atoms with Crippen molar-refractivity contribution in [1.29, 1.82) is 0 Å². The lowest BCUT2D eigenvalue weighted by molar-refractivity contribution is 0.453. The fraction of sp³-hybridized carbons (Fsp3) is 0.0500. The van der Waals surface area contributed by atoms with E-state index in [0.717, 1.165) is 6.07 Å². The highest BCUT2D eigenvalue weighted by Gasteiger charge is 2.15. The molecule has 3 aromatic carbocycles. The van der Waals surface area contributed by atoms with E-state index < -0.39 is 15.5 Å². The fourth-order valence-electron chi connectivity index (χ4n) is 2.96. The van der Waals surface area contributed by atoms with Gasteiger partial charge in [0.1, 0.15) is 28.1 Å². The fourth-order valence-corrected chi connectivity index (χ4v) is 4.00. The molecule has 0 saturated carbocycles. The number of benzene rings is 3. The normalized spacial score (nSPS) is 11.9. The van der Waals surface area contributed by atoms with E-state index >= 15 is 0 Å². The predicted molar refractivity (Wildman–Crippen MR) is 104 cm³/mol. The molecular weight excluding hydrogens is 382 g/mol. The third kappa shape index (κ3) is 3.19. The molecule has 0 atom stereocenters. The van der Waals surface area contributed by atoms with Crippen molar-refractivity contribution in [3.05, 3.63) is 76.5 Å². The minimum Gasteiger partial charge on any atom is -0.508 e. The van der Waals surface area contributed by atoms with E-state index in [1.54, 1.807) is 30.3 Å². The molecule has 0 bridgehead atoms. The highest BCUT2D eigenvalue weighted by atomic mass is 32.2. The van der Waals surface area contributed by atoms with Gasteiger partial charge in [-0.2, -0.15) is 0 Å². The number of aromatic hydroxyl groups is 2. The van der Waals surface area contributed by atoms with Crippen LogP contribution in [0.3, 0.4) is 0 Å². The molecular formula is C20H15NO6S. The second-order valence-electron chi connectivity index (χ2n) is 6.24. The van der Waals surface area contributed by atoms with Crippen LogP contribution in [0.5, 0.6) is 11.5 Å². The number of sulfonamides is 1. The average molecular weight is 397 g/mol. The molecule has 8 heteroatoms. The molecule has 0 unspecified atom stereocenters. The van der Waals surface area contributed by atoms with Crippen LogP contribution in [0.4, 0.5) is 0 Å². The molecule has 0 amide bonds. The van der Waals surface area contributed by atoms with E-state index in [4.69, 9.17) is 4.42 Å². The summed E-state index contributed by atoms with van der Waals surface area (Å²) in [4.78, 5) is 12.8. The molecule has 0 fully saturated rings. The van der Waals surface area contributed by atoms with Crippen molar-refractivity contribution in [3.63, 3.8) is 0 Å². The largest absolute Gasteiger partial charge is 0.508 e. The van der Waals surface area contributed by atoms with Gasteiger partial charge < -0.3 is 14.6 Å². The lowest BCUT2D eigenvalue weighted by Gasteiger charge is -2.08. The van der Waals surface area contributed by atoms with Gasteiger partial charge in [0.25, 0.3) is 0 Å². The summed E-state index contributed by atoms with van der Waals surface area (Å²) in [5, 5.41) is 19.8. The van der Waals surface area contributed by atoms with Crippen LogP contribution in [0.1, 0.15) is 5.56 Å². The van der Waals surface area contributed by atoms with E-state index in [1.165, 1.54) is 24.3 Å². The molecule has 0 aliphatic heterocycles. The van der Waals surface area contributed by atoms with Gasteiger partial charge >= 0.3 is 0 Å². The van der Waals surface area contributed by atoms with Gasteiger partial charge in [-0.3, -0.25) is 4.79 Å². The first-order chi connectivity index (χ1) is 13.3. The number of phenols is 2. The van der Waals surface area contributed by atoms with Crippen molar-refractivity contribution >= 4 is 32.0 Å². The molecule has 0 saturated heterocycles. The smallest absolute Gasteiger partial charge is 0.240 e. The summed E-state index contributed by atoms with van der Waals surface area (Å²) in [6, 6.07) is 15.0. The van der Waals surface area contributed by atoms with Gasteiger partial charge in [-0.05, 0) is 29.8 Å². The van der Waals surface area contributed by atoms with Crippen LogP contribution in [-0.2, 0) is 16.6 Å². The molecule has 3 N–H and O–H groups in total. The van der Waals surface area contributed by atoms with Gasteiger partial charge in [0.05, 0.1) is 10.3 Å². The maximum absolute atomic E-state index is 12.6. The summed E-state index contributed by atoms with van der Waals surface area (Å²) in [7, 11) is -3.67. The summed E-state index contributed by atoms with van der Waals surface area (Å²) >= 11 is 0. The van der Waals surface area contributed by atoms with Gasteiger partial charge in [-0.1, -0.05) is 24.3 Å². The number of fused-ring (bicyclic) bond motifs is 2. The minimum atomic E-state index is -3.67. The summed E-state index contributed by atoms with van der Waals surface area (Å²) in [5.41, 5.74) is 0.403. The van der Waals surface area contributed by atoms with Crippen LogP contribution in [0, 0.1) is 0 Å². The SMILES string of the molecule is O=c1c2ccc(CNS(=O)(=O)c3ccccc3)cc2oc2cc(O)cc(O)c12. The Morgan fingerprint density at radius 1 is 0.929 bits per heavy atom. The van der Waals surface area contributed by atoms with Crippen molar-refractivity contribution < 1.29 is 23.0 Å². The first-order valence-corrected chi connectivity index (χ1v) is 9.79. The molecule has 4 aromatic rings. The molecule has 0 spiro atoms. The summed E-state index contributed by atoms with van der Waals surface area (Å²) in [5.74, 6) is -0.607. The van der Waals surface area contributed by atoms with Crippen LogP contribution >= 0.6 is 0 Å². The summed E-state index contributed by atoms with van der Waals surface area (Å²) in [6.45, 7) is 0.000203. The molecule has 142 valence electrons. The lowest BCUT2D eigenvalue weighted by atomic mass is 10.1. The highest BCUT2D eigenvalue weighted by Crippen LogP contribution is 2.30. The third-order valence-electron chi connectivity index (χ3n) is 4.32. The Balaban J connectivity index is 1.72. The molecule has 0 aliphatic carbocycles. The van der Waals surface area contributed by atoms with Gasteiger partial charge in [-0.15, -0.1) is 0 Å². The van der Waals surface area contributed by atoms with Gasteiger partial charge in [0.15, 0.2) is 0 Å². The van der Waals surface area contributed by atoms with Crippen LogP contribution < -0.4 is 10.2 Å². The Morgan fingerprint density at radius 2 is 1.68 bits per heavy atom. The third-order valence-corrected chi connectivity index (χ3v) is 5.74. The zero-order chi connectivity index (χ0) is 19.9. The van der Waals surface area contributed by atoms with Crippen molar-refractivity contribution in [2.24, 2.45) is 0 Å². The second kappa shape index (κ2) is 6.66. The minimum absolute atomic E-state index is 0.000203. The Kier molecular flexibility index (Phi) is 4.29. The topological polar surface area (TPSA) is 117 Å². The Hall–Kier alpha value is -3.36. The van der Waals surface area contributed by atoms with E-state index in [0.29, 0.717) is 5.56 Å². The standard InChI is InChI=1S/C20H15NO6S/c22-13-9-16(23)19-18(10-13)27-17-8-12(6-7-15(17)20(19)24)11-21-28(25,26)14-4-2-1-3-5-14/h1-10,21-23H,11H2. The second-order valence-corrected chi connectivity index (χ2v) is 8.00. The van der Waals surface area contributed by atoms with Crippen LogP contribution in [0.25, 0.3) is 21.9 Å². The van der Waals surface area contributed by atoms with Crippen LogP contribution in [-0.4, -0.2) is 18.6 Å². The van der Waals surface area contributed by atoms with Gasteiger partial charge in [0.2, 0.25) is 15.5 Å². The summed E-state index contributed by atoms with van der Waals surface area (Å²) in [6.07, 6.45) is 0. The first kappa shape index (κ1) is 18.0. The maximum Gasteiger partial charge on any atom is 0.240 e. The first-order valence-electron chi connectivity index (χ1n) is 8.31. The highest BCUT2D eigenvalue weighted by molar-refractivity contribution is 7.89. The number of nitrogens with one attached hydrogen (secondary N) is 1. The maximum atomic E-state index is 12.6. The van der Waals surface area contributed by atoms with Crippen LogP contribution in [0.15, 0.2) is 74.8 Å². The number of hydrogen-bond donors (Lipinski definition) is 3. The Labute approximate surface area is 159 Å². The van der Waals surface area contributed by atoms with E-state index in [9.17, 15) is 23.4 Å². The molecule has 0 aliphatic rings. The van der Waals surface area contributed by atoms with Crippen molar-refractivity contribution in [1.82, 2.24) is 4.72 Å². The number of hydrogen-bond acceptors (Lipinski definition) is 6. The molecule has 28 heavy (non-hydrogen) atoms. The molecule has 7 nitrogen and oxygen atoms in total. The molecule has 0 radical (unpaired) electrons. The molecule has 4 rings (SSSR count). The van der Waals surface area contributed by atoms with E-state index in [1.807, 2.05) is 0 Å². The monoisotopic (exact) mass is 397 g/mol. The lowest BCUT2D eigenvalue weighted by Crippen LogP contribution is -2.23. The van der Waals surface area contributed by atoms with Gasteiger partial charge in [-0.25, -0.2) is 13.1 Å². The van der Waals surface area contributed by atoms with Crippen molar-refractivity contribution in [2.45, 2.75) is 11.4 Å². The quantitative estimate of drug-likeness (QED) is 0.456. The van der Waals surface area contributed by atoms with Crippen LogP contribution in [0.2, 0.25) is 0 Å².